The van der Waals surface area contributed by atoms with E-state index in [2.05, 4.69) is 36.7 Å². The Hall–Kier alpha value is -1.81. The smallest absolute Gasteiger partial charge is 0.151 e. The van der Waals surface area contributed by atoms with Gasteiger partial charge in [0.1, 0.15) is 0 Å². The van der Waals surface area contributed by atoms with E-state index in [0.717, 1.165) is 25.2 Å². The summed E-state index contributed by atoms with van der Waals surface area (Å²) in [6.45, 7) is 9.33. The molecule has 3 nitrogen and oxygen atoms in total. The average Bonchev–Trinajstić information content (AvgIpc) is 2.53. The Morgan fingerprint density at radius 1 is 1.19 bits per heavy atom. The van der Waals surface area contributed by atoms with Gasteiger partial charge in [-0.15, -0.1) is 0 Å². The van der Waals surface area contributed by atoms with Crippen LogP contribution in [0.3, 0.4) is 0 Å². The van der Waals surface area contributed by atoms with Crippen molar-refractivity contribution in [3.8, 4) is 17.9 Å². The van der Waals surface area contributed by atoms with Crippen LogP contribution in [0.15, 0.2) is 30.3 Å². The number of nitrogens with zero attached hydrogens (tertiary/aromatic N) is 2. The molecule has 0 aromatic heterocycles. The molecule has 0 aliphatic heterocycles. The van der Waals surface area contributed by atoms with Gasteiger partial charge in [0.2, 0.25) is 0 Å². The summed E-state index contributed by atoms with van der Waals surface area (Å²) in [7, 11) is 0. The van der Waals surface area contributed by atoms with Gasteiger partial charge in [0.15, 0.2) is 5.60 Å². The Morgan fingerprint density at radius 2 is 1.86 bits per heavy atom. The summed E-state index contributed by atoms with van der Waals surface area (Å²) >= 11 is 0. The molecule has 0 saturated heterocycles. The number of rotatable bonds is 7. The lowest BCUT2D eigenvalue weighted by Gasteiger charge is -2.25. The van der Waals surface area contributed by atoms with Crippen LogP contribution in [0.25, 0.3) is 0 Å². The van der Waals surface area contributed by atoms with E-state index in [1.54, 1.807) is 0 Å². The van der Waals surface area contributed by atoms with Crippen LogP contribution in [0.1, 0.15) is 32.8 Å². The van der Waals surface area contributed by atoms with Crippen molar-refractivity contribution in [1.82, 2.24) is 4.90 Å². The molecule has 0 aliphatic rings. The molecule has 0 aliphatic carbocycles. The van der Waals surface area contributed by atoms with E-state index in [9.17, 15) is 0 Å². The summed E-state index contributed by atoms with van der Waals surface area (Å²) in [6, 6.07) is 12.1. The highest BCUT2D eigenvalue weighted by Crippen LogP contribution is 2.24. The molecule has 1 aromatic rings. The molecule has 0 bridgehead atoms. The van der Waals surface area contributed by atoms with Gasteiger partial charge in [0.05, 0.1) is 25.6 Å². The van der Waals surface area contributed by atoms with Gasteiger partial charge in [0.25, 0.3) is 0 Å². The van der Waals surface area contributed by atoms with Gasteiger partial charge in [-0.3, -0.25) is 4.90 Å². The Balaban J connectivity index is 2.87. The minimum absolute atomic E-state index is 0.375. The molecule has 1 aromatic carbocycles. The van der Waals surface area contributed by atoms with Crippen LogP contribution < -0.4 is 0 Å². The van der Waals surface area contributed by atoms with Crippen LogP contribution in [0.2, 0.25) is 0 Å². The molecule has 0 heterocycles. The third-order valence-electron chi connectivity index (χ3n) is 3.45. The summed E-state index contributed by atoms with van der Waals surface area (Å²) in [5, 5.41) is 8.67. The zero-order chi connectivity index (χ0) is 15.6. The number of hydrogen-bond acceptors (Lipinski definition) is 3. The van der Waals surface area contributed by atoms with Gasteiger partial charge in [-0.25, -0.2) is 0 Å². The first-order valence-corrected chi connectivity index (χ1v) is 7.45. The maximum absolute atomic E-state index is 8.67. The van der Waals surface area contributed by atoms with Crippen molar-refractivity contribution in [2.24, 2.45) is 0 Å². The van der Waals surface area contributed by atoms with Crippen LogP contribution >= 0.6 is 0 Å². The second-order valence-electron chi connectivity index (χ2n) is 4.92. The highest BCUT2D eigenvalue weighted by Gasteiger charge is 2.24. The van der Waals surface area contributed by atoms with E-state index >= 15 is 0 Å². The first kappa shape index (κ1) is 17.2. The molecule has 112 valence electrons. The molecule has 1 rings (SSSR count). The van der Waals surface area contributed by atoms with Gasteiger partial charge in [-0.2, -0.15) is 5.26 Å². The molecule has 1 unspecified atom stereocenters. The van der Waals surface area contributed by atoms with Gasteiger partial charge in [-0.05, 0) is 25.6 Å². The summed E-state index contributed by atoms with van der Waals surface area (Å²) in [4.78, 5) is 2.26. The van der Waals surface area contributed by atoms with Crippen LogP contribution in [-0.2, 0) is 10.3 Å². The monoisotopic (exact) mass is 284 g/mol. The number of nitriles is 1. The molecule has 1 atom stereocenters. The Labute approximate surface area is 128 Å². The van der Waals surface area contributed by atoms with Crippen molar-refractivity contribution in [2.75, 3.05) is 26.2 Å². The molecule has 0 fully saturated rings. The van der Waals surface area contributed by atoms with E-state index in [0.29, 0.717) is 13.0 Å². The zero-order valence-electron chi connectivity index (χ0n) is 13.2. The fourth-order valence-electron chi connectivity index (χ4n) is 2.02. The van der Waals surface area contributed by atoms with E-state index in [1.807, 2.05) is 37.3 Å². The second-order valence-corrected chi connectivity index (χ2v) is 4.92. The molecular weight excluding hydrogens is 260 g/mol. The van der Waals surface area contributed by atoms with Crippen LogP contribution in [0.4, 0.5) is 0 Å². The molecule has 21 heavy (non-hydrogen) atoms. The standard InChI is InChI=1S/C18H24N2O/c1-4-20(5-2)15-9-13-18(3,21-16-10-14-19)17-11-7-6-8-12-17/h6-8,11-12H,4-5,10,15-16H2,1-3H3. The summed E-state index contributed by atoms with van der Waals surface area (Å²) in [5.74, 6) is 6.47. The quantitative estimate of drug-likeness (QED) is 0.570. The molecule has 0 amide bonds. The highest BCUT2D eigenvalue weighted by molar-refractivity contribution is 5.31. The maximum Gasteiger partial charge on any atom is 0.151 e. The molecule has 0 spiro atoms. The SMILES string of the molecule is CCN(CC)CC#CC(C)(OCCC#N)c1ccccc1. The van der Waals surface area contributed by atoms with E-state index in [1.165, 1.54) is 0 Å². The van der Waals surface area contributed by atoms with Crippen molar-refractivity contribution in [3.05, 3.63) is 35.9 Å². The lowest BCUT2D eigenvalue weighted by Crippen LogP contribution is -2.26. The maximum atomic E-state index is 8.67. The van der Waals surface area contributed by atoms with Gasteiger partial charge >= 0.3 is 0 Å². The van der Waals surface area contributed by atoms with Gasteiger partial charge in [-0.1, -0.05) is 56.0 Å². The van der Waals surface area contributed by atoms with Crippen LogP contribution in [-0.4, -0.2) is 31.1 Å². The average molecular weight is 284 g/mol. The Kier molecular flexibility index (Phi) is 7.54. The lowest BCUT2D eigenvalue weighted by atomic mass is 9.96. The minimum atomic E-state index is -0.661. The zero-order valence-corrected chi connectivity index (χ0v) is 13.2. The second kappa shape index (κ2) is 9.19. The molecule has 3 heteroatoms. The van der Waals surface area contributed by atoms with Gasteiger partial charge in [0, 0.05) is 0 Å². The summed E-state index contributed by atoms with van der Waals surface area (Å²) in [5.41, 5.74) is 0.362. The van der Waals surface area contributed by atoms with Gasteiger partial charge < -0.3 is 4.74 Å². The van der Waals surface area contributed by atoms with Crippen LogP contribution in [0, 0.1) is 23.2 Å². The fourth-order valence-corrected chi connectivity index (χ4v) is 2.02. The van der Waals surface area contributed by atoms with E-state index in [-0.39, 0.29) is 0 Å². The third kappa shape index (κ3) is 5.60. The normalized spacial score (nSPS) is 13.1. The first-order chi connectivity index (χ1) is 10.2. The Morgan fingerprint density at radius 3 is 2.43 bits per heavy atom. The minimum Gasteiger partial charge on any atom is -0.357 e. The third-order valence-corrected chi connectivity index (χ3v) is 3.45. The van der Waals surface area contributed by atoms with Crippen molar-refractivity contribution in [2.45, 2.75) is 32.8 Å². The lowest BCUT2D eigenvalue weighted by molar-refractivity contribution is 0.0131. The topological polar surface area (TPSA) is 36.3 Å². The van der Waals surface area contributed by atoms with Crippen molar-refractivity contribution < 1.29 is 4.74 Å². The predicted octanol–water partition coefficient (Wildman–Crippen LogP) is 3.18. The molecule has 0 radical (unpaired) electrons. The molecule has 0 saturated carbocycles. The molecule has 0 N–H and O–H groups in total. The number of ether oxygens (including phenoxy) is 1. The summed E-state index contributed by atoms with van der Waals surface area (Å²) < 4.78 is 5.89. The highest BCUT2D eigenvalue weighted by atomic mass is 16.5. The van der Waals surface area contributed by atoms with Crippen LogP contribution in [0.5, 0.6) is 0 Å². The fraction of sp³-hybridized carbons (Fsp3) is 0.500. The van der Waals surface area contributed by atoms with E-state index < -0.39 is 5.60 Å². The molecular formula is C18H24N2O. The largest absolute Gasteiger partial charge is 0.357 e. The Bertz CT molecular complexity index is 506. The van der Waals surface area contributed by atoms with Crippen molar-refractivity contribution in [1.29, 1.82) is 5.26 Å². The van der Waals surface area contributed by atoms with E-state index in [4.69, 9.17) is 10.00 Å². The number of benzene rings is 1. The number of hydrogen-bond donors (Lipinski definition) is 0. The summed E-state index contributed by atoms with van der Waals surface area (Å²) in [6.07, 6.45) is 0.375. The van der Waals surface area contributed by atoms with Crippen molar-refractivity contribution >= 4 is 0 Å². The first-order valence-electron chi connectivity index (χ1n) is 7.45. The predicted molar refractivity (Wildman–Crippen MR) is 85.5 cm³/mol. The van der Waals surface area contributed by atoms with Crippen molar-refractivity contribution in [3.63, 3.8) is 0 Å².